The minimum atomic E-state index is 0.819. The maximum absolute atomic E-state index is 4.88. The number of hydrogen-bond acceptors (Lipinski definition) is 4. The number of thioether (sulfide) groups is 1. The summed E-state index contributed by atoms with van der Waals surface area (Å²) >= 11 is 1.74. The molecule has 0 atom stereocenters. The van der Waals surface area contributed by atoms with Gasteiger partial charge in [0.05, 0.1) is 16.9 Å². The molecular weight excluding hydrogens is 314 g/mol. The molecule has 24 heavy (non-hydrogen) atoms. The van der Waals surface area contributed by atoms with Crippen LogP contribution in [0.5, 0.6) is 0 Å². The standard InChI is InChI=1S/C20H15N3S/c1-14-13-21-10-4-12-24-18-9-8-17(23-19(14)18)16-7-2-5-15-6-3-11-22-20(15)16/h2-11,13H,1,12H2/b10-4-,21-13?. The van der Waals surface area contributed by atoms with Crippen molar-refractivity contribution in [1.29, 1.82) is 0 Å². The second kappa shape index (κ2) is 6.42. The van der Waals surface area contributed by atoms with Crippen molar-refractivity contribution in [3.8, 4) is 11.3 Å². The third-order valence-corrected chi connectivity index (χ3v) is 4.83. The molecule has 3 nitrogen and oxygen atoms in total. The molecule has 4 rings (SSSR count). The molecular formula is C20H15N3S. The van der Waals surface area contributed by atoms with Crippen molar-refractivity contribution in [2.24, 2.45) is 4.99 Å². The van der Waals surface area contributed by atoms with Crippen LogP contribution in [0.1, 0.15) is 5.69 Å². The van der Waals surface area contributed by atoms with E-state index in [4.69, 9.17) is 4.98 Å². The number of allylic oxidation sites excluding steroid dienone is 1. The molecule has 0 spiro atoms. The maximum Gasteiger partial charge on any atom is 0.0854 e. The van der Waals surface area contributed by atoms with Gasteiger partial charge in [-0.15, -0.1) is 11.8 Å². The molecule has 1 aliphatic heterocycles. The largest absolute Gasteiger partial charge is 0.264 e. The maximum atomic E-state index is 4.88. The Morgan fingerprint density at radius 2 is 1.96 bits per heavy atom. The number of nitrogens with zero attached hydrogens (tertiary/aromatic N) is 3. The fourth-order valence-electron chi connectivity index (χ4n) is 2.69. The molecule has 2 aromatic heterocycles. The summed E-state index contributed by atoms with van der Waals surface area (Å²) < 4.78 is 0. The minimum absolute atomic E-state index is 0.819. The zero-order valence-electron chi connectivity index (χ0n) is 13.0. The Bertz CT molecular complexity index is 984. The molecule has 3 aromatic rings. The van der Waals surface area contributed by atoms with Crippen molar-refractivity contribution in [2.75, 3.05) is 5.75 Å². The number of hydrogen-bond donors (Lipinski definition) is 0. The minimum Gasteiger partial charge on any atom is -0.264 e. The van der Waals surface area contributed by atoms with Crippen molar-refractivity contribution in [3.63, 3.8) is 0 Å². The zero-order valence-corrected chi connectivity index (χ0v) is 13.8. The normalized spacial score (nSPS) is 15.4. The van der Waals surface area contributed by atoms with Gasteiger partial charge in [-0.2, -0.15) is 0 Å². The Hall–Kier alpha value is -2.72. The molecule has 0 unspecified atom stereocenters. The van der Waals surface area contributed by atoms with Crippen LogP contribution in [0, 0.1) is 0 Å². The van der Waals surface area contributed by atoms with E-state index in [1.54, 1.807) is 24.2 Å². The number of fused-ring (bicyclic) bond motifs is 2. The van der Waals surface area contributed by atoms with Gasteiger partial charge in [0.1, 0.15) is 0 Å². The average Bonchev–Trinajstić information content (AvgIpc) is 2.72. The van der Waals surface area contributed by atoms with Crippen LogP contribution in [-0.4, -0.2) is 21.9 Å². The van der Waals surface area contributed by atoms with Gasteiger partial charge in [-0.3, -0.25) is 9.98 Å². The highest BCUT2D eigenvalue weighted by Gasteiger charge is 2.12. The number of aromatic nitrogens is 2. The van der Waals surface area contributed by atoms with Gasteiger partial charge in [-0.05, 0) is 18.2 Å². The lowest BCUT2D eigenvalue weighted by molar-refractivity contribution is 1.20. The molecule has 0 amide bonds. The Kier molecular flexibility index (Phi) is 3.97. The van der Waals surface area contributed by atoms with Crippen molar-refractivity contribution in [2.45, 2.75) is 4.90 Å². The van der Waals surface area contributed by atoms with Gasteiger partial charge < -0.3 is 0 Å². The van der Waals surface area contributed by atoms with Crippen LogP contribution in [0.3, 0.4) is 0 Å². The van der Waals surface area contributed by atoms with E-state index < -0.39 is 0 Å². The molecule has 0 aliphatic carbocycles. The molecule has 0 N–H and O–H groups in total. The number of pyridine rings is 2. The van der Waals surface area contributed by atoms with E-state index in [1.165, 1.54) is 0 Å². The number of para-hydroxylation sites is 1. The molecule has 116 valence electrons. The summed E-state index contributed by atoms with van der Waals surface area (Å²) in [5.74, 6) is 0.870. The highest BCUT2D eigenvalue weighted by molar-refractivity contribution is 7.99. The monoisotopic (exact) mass is 329 g/mol. The summed E-state index contributed by atoms with van der Waals surface area (Å²) in [4.78, 5) is 14.8. The Balaban J connectivity index is 1.88. The van der Waals surface area contributed by atoms with Crippen LogP contribution in [0.2, 0.25) is 0 Å². The summed E-state index contributed by atoms with van der Waals surface area (Å²) in [5, 5.41) is 1.11. The van der Waals surface area contributed by atoms with Gasteiger partial charge in [0, 0.05) is 45.8 Å². The lowest BCUT2D eigenvalue weighted by atomic mass is 10.1. The quantitative estimate of drug-likeness (QED) is 0.630. The zero-order chi connectivity index (χ0) is 16.4. The van der Waals surface area contributed by atoms with Crippen molar-refractivity contribution in [3.05, 3.63) is 73.2 Å². The number of aliphatic imine (C=N–C) groups is 1. The lowest BCUT2D eigenvalue weighted by Gasteiger charge is -2.11. The number of benzene rings is 1. The third kappa shape index (κ3) is 2.76. The SMILES string of the molecule is C=C1C=N/C=C\CSc2ccc(-c3cccc4cccnc34)nc21. The van der Waals surface area contributed by atoms with E-state index >= 15 is 0 Å². The van der Waals surface area contributed by atoms with E-state index in [-0.39, 0.29) is 0 Å². The molecule has 0 fully saturated rings. The fourth-order valence-corrected chi connectivity index (χ4v) is 3.53. The summed E-state index contributed by atoms with van der Waals surface area (Å²) in [6, 6.07) is 14.4. The first-order valence-corrected chi connectivity index (χ1v) is 8.67. The van der Waals surface area contributed by atoms with Crippen LogP contribution >= 0.6 is 11.8 Å². The Morgan fingerprint density at radius 3 is 2.92 bits per heavy atom. The summed E-state index contributed by atoms with van der Waals surface area (Å²) in [6.45, 7) is 4.12. The predicted octanol–water partition coefficient (Wildman–Crippen LogP) is 5.00. The van der Waals surface area contributed by atoms with Crippen LogP contribution in [-0.2, 0) is 0 Å². The molecule has 0 saturated carbocycles. The van der Waals surface area contributed by atoms with Crippen molar-refractivity contribution >= 4 is 34.5 Å². The van der Waals surface area contributed by atoms with Gasteiger partial charge in [0.15, 0.2) is 0 Å². The summed E-state index contributed by atoms with van der Waals surface area (Å²) in [7, 11) is 0. The van der Waals surface area contributed by atoms with E-state index in [0.29, 0.717) is 0 Å². The second-order valence-corrected chi connectivity index (χ2v) is 6.48. The van der Waals surface area contributed by atoms with E-state index in [2.05, 4.69) is 46.9 Å². The van der Waals surface area contributed by atoms with Gasteiger partial charge in [0.25, 0.3) is 0 Å². The first-order chi connectivity index (χ1) is 11.8. The second-order valence-electron chi connectivity index (χ2n) is 5.42. The van der Waals surface area contributed by atoms with Crippen LogP contribution < -0.4 is 0 Å². The smallest absolute Gasteiger partial charge is 0.0854 e. The first-order valence-electron chi connectivity index (χ1n) is 7.68. The molecule has 1 aliphatic rings. The first kappa shape index (κ1) is 14.8. The summed E-state index contributed by atoms with van der Waals surface area (Å²) in [6.07, 6.45) is 7.42. The number of rotatable bonds is 1. The molecule has 0 radical (unpaired) electrons. The van der Waals surface area contributed by atoms with Gasteiger partial charge in [0.2, 0.25) is 0 Å². The van der Waals surface area contributed by atoms with Crippen molar-refractivity contribution < 1.29 is 0 Å². The van der Waals surface area contributed by atoms with Gasteiger partial charge in [-0.25, -0.2) is 4.98 Å². The van der Waals surface area contributed by atoms with E-state index in [1.807, 2.05) is 24.4 Å². The average molecular weight is 329 g/mol. The van der Waals surface area contributed by atoms with E-state index in [9.17, 15) is 0 Å². The molecule has 0 bridgehead atoms. The topological polar surface area (TPSA) is 38.1 Å². The predicted molar refractivity (Wildman–Crippen MR) is 102 cm³/mol. The molecule has 1 aromatic carbocycles. The van der Waals surface area contributed by atoms with Gasteiger partial charge >= 0.3 is 0 Å². The molecule has 3 heterocycles. The van der Waals surface area contributed by atoms with Crippen molar-refractivity contribution in [1.82, 2.24) is 9.97 Å². The van der Waals surface area contributed by atoms with E-state index in [0.717, 1.165) is 44.1 Å². The Morgan fingerprint density at radius 1 is 1.04 bits per heavy atom. The van der Waals surface area contributed by atoms with Gasteiger partial charge in [-0.1, -0.05) is 36.9 Å². The molecule has 4 heteroatoms. The highest BCUT2D eigenvalue weighted by Crippen LogP contribution is 2.31. The van der Waals surface area contributed by atoms with Crippen LogP contribution in [0.25, 0.3) is 27.7 Å². The fraction of sp³-hybridized carbons (Fsp3) is 0.0500. The Labute approximate surface area is 144 Å². The lowest BCUT2D eigenvalue weighted by Crippen LogP contribution is -1.96. The summed E-state index contributed by atoms with van der Waals surface area (Å²) in [5.41, 5.74) is 4.60. The van der Waals surface area contributed by atoms with Crippen LogP contribution in [0.15, 0.2) is 77.4 Å². The van der Waals surface area contributed by atoms with Crippen LogP contribution in [0.4, 0.5) is 0 Å². The molecule has 0 saturated heterocycles. The highest BCUT2D eigenvalue weighted by atomic mass is 32.2. The third-order valence-electron chi connectivity index (χ3n) is 3.83.